The van der Waals surface area contributed by atoms with E-state index >= 15 is 0 Å². The summed E-state index contributed by atoms with van der Waals surface area (Å²) in [5, 5.41) is 3.26. The first-order chi connectivity index (χ1) is 8.20. The molecule has 0 bridgehead atoms. The van der Waals surface area contributed by atoms with Gasteiger partial charge in [-0.2, -0.15) is 0 Å². The van der Waals surface area contributed by atoms with Crippen molar-refractivity contribution >= 4 is 5.82 Å². The lowest BCUT2D eigenvalue weighted by Crippen LogP contribution is -2.09. The minimum atomic E-state index is 0.349. The zero-order valence-electron chi connectivity index (χ0n) is 11.3. The predicted molar refractivity (Wildman–Crippen MR) is 70.7 cm³/mol. The van der Waals surface area contributed by atoms with E-state index in [1.807, 2.05) is 0 Å². The van der Waals surface area contributed by atoms with E-state index in [2.05, 4.69) is 43.0 Å². The fourth-order valence-electron chi connectivity index (χ4n) is 1.64. The fraction of sp³-hybridized carbons (Fsp3) is 0.692. The summed E-state index contributed by atoms with van der Waals surface area (Å²) < 4.78 is 5.73. The van der Waals surface area contributed by atoms with Gasteiger partial charge in [-0.3, -0.25) is 0 Å². The Balaban J connectivity index is 2.90. The van der Waals surface area contributed by atoms with Gasteiger partial charge in [-0.1, -0.05) is 27.2 Å². The van der Waals surface area contributed by atoms with Gasteiger partial charge in [0.05, 0.1) is 12.2 Å². The van der Waals surface area contributed by atoms with Gasteiger partial charge in [0.1, 0.15) is 12.1 Å². The molecule has 0 saturated carbocycles. The van der Waals surface area contributed by atoms with E-state index in [4.69, 9.17) is 4.74 Å². The summed E-state index contributed by atoms with van der Waals surface area (Å²) in [4.78, 5) is 8.52. The van der Waals surface area contributed by atoms with Crippen molar-refractivity contribution in [3.8, 4) is 5.88 Å². The zero-order valence-corrected chi connectivity index (χ0v) is 11.3. The first-order valence-electron chi connectivity index (χ1n) is 6.42. The summed E-state index contributed by atoms with van der Waals surface area (Å²) in [5.74, 6) is 1.96. The minimum Gasteiger partial charge on any atom is -0.477 e. The van der Waals surface area contributed by atoms with Crippen LogP contribution < -0.4 is 10.1 Å². The number of unbranched alkanes of at least 4 members (excludes halogenated alkanes) is 1. The lowest BCUT2D eigenvalue weighted by Gasteiger charge is -2.16. The summed E-state index contributed by atoms with van der Waals surface area (Å²) >= 11 is 0. The molecule has 0 aliphatic heterocycles. The van der Waals surface area contributed by atoms with Crippen LogP contribution in [-0.2, 0) is 0 Å². The molecule has 1 heterocycles. The van der Waals surface area contributed by atoms with Crippen molar-refractivity contribution in [2.75, 3.05) is 18.5 Å². The summed E-state index contributed by atoms with van der Waals surface area (Å²) in [7, 11) is 0. The molecule has 0 saturated heterocycles. The highest BCUT2D eigenvalue weighted by molar-refractivity contribution is 5.50. The quantitative estimate of drug-likeness (QED) is 0.740. The first-order valence-corrected chi connectivity index (χ1v) is 6.42. The Morgan fingerprint density at radius 3 is 2.65 bits per heavy atom. The van der Waals surface area contributed by atoms with Gasteiger partial charge in [0.25, 0.3) is 0 Å². The van der Waals surface area contributed by atoms with Gasteiger partial charge in [0.2, 0.25) is 5.88 Å². The molecule has 0 aliphatic carbocycles. The molecule has 0 unspecified atom stereocenters. The minimum absolute atomic E-state index is 0.349. The highest BCUT2D eigenvalue weighted by Gasteiger charge is 2.15. The lowest BCUT2D eigenvalue weighted by atomic mass is 10.1. The van der Waals surface area contributed by atoms with Crippen LogP contribution >= 0.6 is 0 Å². The molecule has 0 radical (unpaired) electrons. The third-order valence-corrected chi connectivity index (χ3v) is 2.51. The largest absolute Gasteiger partial charge is 0.477 e. The average molecular weight is 237 g/mol. The van der Waals surface area contributed by atoms with Gasteiger partial charge in [-0.05, 0) is 19.3 Å². The predicted octanol–water partition coefficient (Wildman–Crippen LogP) is 3.21. The lowest BCUT2D eigenvalue weighted by molar-refractivity contribution is 0.293. The van der Waals surface area contributed by atoms with Crippen molar-refractivity contribution in [3.63, 3.8) is 0 Å². The van der Waals surface area contributed by atoms with Crippen LogP contribution in [0, 0.1) is 0 Å². The van der Waals surface area contributed by atoms with E-state index in [0.29, 0.717) is 5.92 Å². The molecule has 4 nitrogen and oxygen atoms in total. The first kappa shape index (κ1) is 13.7. The fourth-order valence-corrected chi connectivity index (χ4v) is 1.64. The zero-order chi connectivity index (χ0) is 12.7. The van der Waals surface area contributed by atoms with Crippen molar-refractivity contribution in [1.29, 1.82) is 0 Å². The van der Waals surface area contributed by atoms with Gasteiger partial charge >= 0.3 is 0 Å². The number of ether oxygens (including phenoxy) is 1. The Kier molecular flexibility index (Phi) is 5.73. The number of aromatic nitrogens is 2. The third-order valence-electron chi connectivity index (χ3n) is 2.51. The summed E-state index contributed by atoms with van der Waals surface area (Å²) in [6.45, 7) is 10.0. The second kappa shape index (κ2) is 7.09. The van der Waals surface area contributed by atoms with Gasteiger partial charge in [0.15, 0.2) is 0 Å². The molecule has 0 atom stereocenters. The van der Waals surface area contributed by atoms with Crippen LogP contribution in [0.3, 0.4) is 0 Å². The van der Waals surface area contributed by atoms with Crippen molar-refractivity contribution in [3.05, 3.63) is 11.9 Å². The number of hydrogen-bond acceptors (Lipinski definition) is 4. The molecular formula is C13H23N3O. The summed E-state index contributed by atoms with van der Waals surface area (Å²) in [6.07, 6.45) is 3.74. The summed E-state index contributed by atoms with van der Waals surface area (Å²) in [6, 6.07) is 0. The maximum atomic E-state index is 5.73. The molecule has 1 N–H and O–H groups in total. The van der Waals surface area contributed by atoms with Crippen LogP contribution in [0.5, 0.6) is 5.88 Å². The molecule has 1 rings (SSSR count). The van der Waals surface area contributed by atoms with E-state index in [-0.39, 0.29) is 0 Å². The molecule has 0 aromatic carbocycles. The van der Waals surface area contributed by atoms with E-state index in [0.717, 1.165) is 43.3 Å². The molecule has 0 spiro atoms. The second-order valence-electron chi connectivity index (χ2n) is 4.33. The normalized spacial score (nSPS) is 10.6. The number of rotatable bonds is 7. The highest BCUT2D eigenvalue weighted by Crippen LogP contribution is 2.29. The number of nitrogens with zero attached hydrogens (tertiary/aromatic N) is 2. The maximum absolute atomic E-state index is 5.73. The number of nitrogens with one attached hydrogen (secondary N) is 1. The van der Waals surface area contributed by atoms with Crippen molar-refractivity contribution in [1.82, 2.24) is 9.97 Å². The second-order valence-corrected chi connectivity index (χ2v) is 4.33. The van der Waals surface area contributed by atoms with Crippen molar-refractivity contribution in [2.24, 2.45) is 0 Å². The average Bonchev–Trinajstić information content (AvgIpc) is 2.29. The van der Waals surface area contributed by atoms with Gasteiger partial charge in [-0.15, -0.1) is 0 Å². The summed E-state index contributed by atoms with van der Waals surface area (Å²) in [5.41, 5.74) is 1.07. The van der Waals surface area contributed by atoms with E-state index in [9.17, 15) is 0 Å². The van der Waals surface area contributed by atoms with Crippen LogP contribution in [0.2, 0.25) is 0 Å². The Labute approximate surface area is 104 Å². The Hall–Kier alpha value is -1.32. The number of hydrogen-bond donors (Lipinski definition) is 1. The molecule has 17 heavy (non-hydrogen) atoms. The van der Waals surface area contributed by atoms with E-state index < -0.39 is 0 Å². The topological polar surface area (TPSA) is 47.0 Å². The Morgan fingerprint density at radius 1 is 1.29 bits per heavy atom. The Morgan fingerprint density at radius 2 is 2.06 bits per heavy atom. The molecule has 4 heteroatoms. The molecule has 1 aromatic rings. The molecule has 96 valence electrons. The maximum Gasteiger partial charge on any atom is 0.222 e. The van der Waals surface area contributed by atoms with Crippen molar-refractivity contribution in [2.45, 2.75) is 46.5 Å². The molecule has 1 aromatic heterocycles. The van der Waals surface area contributed by atoms with Gasteiger partial charge in [0, 0.05) is 6.54 Å². The van der Waals surface area contributed by atoms with Gasteiger partial charge < -0.3 is 10.1 Å². The monoisotopic (exact) mass is 237 g/mol. The van der Waals surface area contributed by atoms with Crippen LogP contribution in [-0.4, -0.2) is 23.1 Å². The van der Waals surface area contributed by atoms with E-state index in [1.54, 1.807) is 6.33 Å². The highest BCUT2D eigenvalue weighted by atomic mass is 16.5. The van der Waals surface area contributed by atoms with Crippen LogP contribution in [0.4, 0.5) is 5.82 Å². The molecule has 0 amide bonds. The van der Waals surface area contributed by atoms with Crippen LogP contribution in [0.25, 0.3) is 0 Å². The smallest absolute Gasteiger partial charge is 0.222 e. The van der Waals surface area contributed by atoms with Gasteiger partial charge in [-0.25, -0.2) is 9.97 Å². The van der Waals surface area contributed by atoms with Crippen molar-refractivity contribution < 1.29 is 4.74 Å². The Bertz CT molecular complexity index is 339. The standard InChI is InChI=1S/C13H23N3O/c1-5-7-8-17-13-11(10(3)4)12(14-6-2)15-9-16-13/h9-10H,5-8H2,1-4H3,(H,14,15,16). The SMILES string of the molecule is CCCCOc1ncnc(NCC)c1C(C)C. The molecule has 0 fully saturated rings. The van der Waals surface area contributed by atoms with Crippen LogP contribution in [0.1, 0.15) is 52.0 Å². The molecular weight excluding hydrogens is 214 g/mol. The third kappa shape index (κ3) is 3.88. The molecule has 0 aliphatic rings. The van der Waals surface area contributed by atoms with E-state index in [1.165, 1.54) is 0 Å². The van der Waals surface area contributed by atoms with Crippen LogP contribution in [0.15, 0.2) is 6.33 Å². The number of anilines is 1.